The molecule has 1 aliphatic rings. The first-order valence-electron chi connectivity index (χ1n) is 7.00. The summed E-state index contributed by atoms with van der Waals surface area (Å²) in [6.07, 6.45) is 3.02. The first-order valence-corrected chi connectivity index (χ1v) is 8.08. The summed E-state index contributed by atoms with van der Waals surface area (Å²) in [5.74, 6) is -0.392. The average Bonchev–Trinajstić information content (AvgIpc) is 2.45. The van der Waals surface area contributed by atoms with Gasteiger partial charge in [0, 0.05) is 23.1 Å². The zero-order chi connectivity index (χ0) is 15.4. The van der Waals surface area contributed by atoms with Gasteiger partial charge in [-0.2, -0.15) is 0 Å². The number of piperidine rings is 1. The van der Waals surface area contributed by atoms with Crippen LogP contribution in [-0.2, 0) is 4.79 Å². The zero-order valence-electron chi connectivity index (χ0n) is 11.6. The van der Waals surface area contributed by atoms with Gasteiger partial charge in [-0.3, -0.25) is 9.59 Å². The molecule has 1 aliphatic heterocycles. The number of nitrogens with two attached hydrogens (primary N) is 1. The van der Waals surface area contributed by atoms with E-state index < -0.39 is 0 Å². The third kappa shape index (κ3) is 4.39. The molecular weight excluding hydrogens is 386 g/mol. The second kappa shape index (κ2) is 7.20. The lowest BCUT2D eigenvalue weighted by Crippen LogP contribution is -2.40. The highest BCUT2D eigenvalue weighted by Gasteiger charge is 2.25. The monoisotopic (exact) mass is 404 g/mol. The van der Waals surface area contributed by atoms with Crippen molar-refractivity contribution in [2.75, 3.05) is 13.1 Å². The molecule has 0 unspecified atom stereocenters. The van der Waals surface area contributed by atoms with Crippen molar-refractivity contribution in [3.8, 4) is 0 Å². The number of primary amides is 1. The third-order valence-corrected chi connectivity index (χ3v) is 4.66. The summed E-state index contributed by atoms with van der Waals surface area (Å²) < 4.78 is 13.7. The van der Waals surface area contributed by atoms with E-state index in [4.69, 9.17) is 5.73 Å². The van der Waals surface area contributed by atoms with E-state index >= 15 is 0 Å². The van der Waals surface area contributed by atoms with Crippen LogP contribution in [0.15, 0.2) is 18.2 Å². The molecule has 0 aromatic heterocycles. The average molecular weight is 404 g/mol. The Hall–Kier alpha value is -1.18. The molecule has 2 amide bonds. The van der Waals surface area contributed by atoms with Gasteiger partial charge in [-0.25, -0.2) is 4.39 Å². The predicted octanol–water partition coefficient (Wildman–Crippen LogP) is 2.55. The molecule has 1 aromatic rings. The SMILES string of the molecule is NC(=O)CC[C@H]1CCCN(C(=O)c2ccc(F)cc2I)C1. The number of nitrogens with zero attached hydrogens (tertiary/aromatic N) is 1. The van der Waals surface area contributed by atoms with Crippen molar-refractivity contribution >= 4 is 34.4 Å². The number of benzene rings is 1. The summed E-state index contributed by atoms with van der Waals surface area (Å²) in [5.41, 5.74) is 5.71. The first-order chi connectivity index (χ1) is 9.97. The number of halogens is 2. The number of likely N-dealkylation sites (tertiary alicyclic amines) is 1. The molecule has 2 rings (SSSR count). The lowest BCUT2D eigenvalue weighted by atomic mass is 9.93. The summed E-state index contributed by atoms with van der Waals surface area (Å²) in [7, 11) is 0. The Morgan fingerprint density at radius 3 is 2.86 bits per heavy atom. The van der Waals surface area contributed by atoms with Crippen LogP contribution in [-0.4, -0.2) is 29.8 Å². The van der Waals surface area contributed by atoms with Crippen LogP contribution in [0.5, 0.6) is 0 Å². The second-order valence-electron chi connectivity index (χ2n) is 5.39. The van der Waals surface area contributed by atoms with Gasteiger partial charge in [0.1, 0.15) is 5.82 Å². The van der Waals surface area contributed by atoms with Crippen LogP contribution in [0.2, 0.25) is 0 Å². The molecule has 0 aliphatic carbocycles. The molecule has 114 valence electrons. The normalized spacial score (nSPS) is 18.6. The molecule has 1 fully saturated rings. The van der Waals surface area contributed by atoms with Crippen molar-refractivity contribution in [3.05, 3.63) is 33.1 Å². The van der Waals surface area contributed by atoms with Crippen molar-refractivity contribution in [1.29, 1.82) is 0 Å². The number of hydrogen-bond donors (Lipinski definition) is 1. The van der Waals surface area contributed by atoms with Gasteiger partial charge in [0.2, 0.25) is 5.91 Å². The molecule has 1 atom stereocenters. The fourth-order valence-electron chi connectivity index (χ4n) is 2.66. The standard InChI is InChI=1S/C15H18FIN2O2/c16-11-4-5-12(13(17)8-11)15(21)19-7-1-2-10(9-19)3-6-14(18)20/h4-5,8,10H,1-3,6-7,9H2,(H2,18,20)/t10-/m1/s1. The summed E-state index contributed by atoms with van der Waals surface area (Å²) >= 11 is 1.98. The highest BCUT2D eigenvalue weighted by Crippen LogP contribution is 2.24. The van der Waals surface area contributed by atoms with Gasteiger partial charge >= 0.3 is 0 Å². The van der Waals surface area contributed by atoms with Crippen LogP contribution in [0.4, 0.5) is 4.39 Å². The maximum atomic E-state index is 13.1. The van der Waals surface area contributed by atoms with Crippen LogP contribution in [0.25, 0.3) is 0 Å². The fraction of sp³-hybridized carbons (Fsp3) is 0.467. The minimum absolute atomic E-state index is 0.0665. The zero-order valence-corrected chi connectivity index (χ0v) is 13.8. The maximum Gasteiger partial charge on any atom is 0.254 e. The van der Waals surface area contributed by atoms with Gasteiger partial charge in [0.15, 0.2) is 0 Å². The summed E-state index contributed by atoms with van der Waals surface area (Å²) in [4.78, 5) is 25.2. The van der Waals surface area contributed by atoms with E-state index in [2.05, 4.69) is 0 Å². The lowest BCUT2D eigenvalue weighted by Gasteiger charge is -2.33. The number of rotatable bonds is 4. The molecule has 1 saturated heterocycles. The Morgan fingerprint density at radius 2 is 2.19 bits per heavy atom. The van der Waals surface area contributed by atoms with E-state index in [1.54, 1.807) is 4.90 Å². The Kier molecular flexibility index (Phi) is 5.55. The summed E-state index contributed by atoms with van der Waals surface area (Å²) in [6.45, 7) is 1.35. The van der Waals surface area contributed by atoms with Gasteiger partial charge in [-0.1, -0.05) is 0 Å². The molecule has 0 radical (unpaired) electrons. The molecule has 2 N–H and O–H groups in total. The molecule has 1 aromatic carbocycles. The molecule has 0 spiro atoms. The molecule has 1 heterocycles. The van der Waals surface area contributed by atoms with Crippen molar-refractivity contribution in [2.24, 2.45) is 11.7 Å². The van der Waals surface area contributed by atoms with Crippen LogP contribution in [0.3, 0.4) is 0 Å². The predicted molar refractivity (Wildman–Crippen MR) is 86.2 cm³/mol. The van der Waals surface area contributed by atoms with Gasteiger partial charge in [-0.05, 0) is 66.0 Å². The quantitative estimate of drug-likeness (QED) is 0.785. The van der Waals surface area contributed by atoms with Crippen molar-refractivity contribution in [2.45, 2.75) is 25.7 Å². The largest absolute Gasteiger partial charge is 0.370 e. The van der Waals surface area contributed by atoms with Gasteiger partial charge in [0.05, 0.1) is 5.56 Å². The highest BCUT2D eigenvalue weighted by molar-refractivity contribution is 14.1. The maximum absolute atomic E-state index is 13.1. The number of carbonyl (C=O) groups excluding carboxylic acids is 2. The first kappa shape index (κ1) is 16.2. The van der Waals surface area contributed by atoms with E-state index in [0.29, 0.717) is 34.6 Å². The van der Waals surface area contributed by atoms with Crippen molar-refractivity contribution in [3.63, 3.8) is 0 Å². The molecule has 4 nitrogen and oxygen atoms in total. The Morgan fingerprint density at radius 1 is 1.43 bits per heavy atom. The smallest absolute Gasteiger partial charge is 0.254 e. The minimum atomic E-state index is -0.339. The molecule has 0 bridgehead atoms. The Bertz CT molecular complexity index is 550. The van der Waals surface area contributed by atoms with Crippen LogP contribution < -0.4 is 5.73 Å². The third-order valence-electron chi connectivity index (χ3n) is 3.77. The molecule has 6 heteroatoms. The lowest BCUT2D eigenvalue weighted by molar-refractivity contribution is -0.118. The van der Waals surface area contributed by atoms with E-state index in [1.807, 2.05) is 22.6 Å². The number of carbonyl (C=O) groups is 2. The van der Waals surface area contributed by atoms with Gasteiger partial charge in [-0.15, -0.1) is 0 Å². The van der Waals surface area contributed by atoms with E-state index in [0.717, 1.165) is 19.3 Å². The van der Waals surface area contributed by atoms with Crippen molar-refractivity contribution in [1.82, 2.24) is 4.90 Å². The van der Waals surface area contributed by atoms with E-state index in [-0.39, 0.29) is 17.6 Å². The second-order valence-corrected chi connectivity index (χ2v) is 6.55. The van der Waals surface area contributed by atoms with Crippen molar-refractivity contribution < 1.29 is 14.0 Å². The Balaban J connectivity index is 2.03. The van der Waals surface area contributed by atoms with Gasteiger partial charge < -0.3 is 10.6 Å². The summed E-state index contributed by atoms with van der Waals surface area (Å²) in [5, 5.41) is 0. The van der Waals surface area contributed by atoms with Crippen LogP contribution in [0.1, 0.15) is 36.0 Å². The molecule has 21 heavy (non-hydrogen) atoms. The van der Waals surface area contributed by atoms with E-state index in [1.165, 1.54) is 18.2 Å². The topological polar surface area (TPSA) is 63.4 Å². The van der Waals surface area contributed by atoms with Gasteiger partial charge in [0.25, 0.3) is 5.91 Å². The molecular formula is C15H18FIN2O2. The number of hydrogen-bond acceptors (Lipinski definition) is 2. The highest BCUT2D eigenvalue weighted by atomic mass is 127. The molecule has 0 saturated carbocycles. The van der Waals surface area contributed by atoms with Crippen LogP contribution >= 0.6 is 22.6 Å². The van der Waals surface area contributed by atoms with E-state index in [9.17, 15) is 14.0 Å². The fourth-order valence-corrected chi connectivity index (χ4v) is 3.37. The summed E-state index contributed by atoms with van der Waals surface area (Å²) in [6, 6.07) is 4.21. The Labute approximate surface area is 137 Å². The number of amides is 2. The van der Waals surface area contributed by atoms with Crippen LogP contribution in [0, 0.1) is 15.3 Å². The minimum Gasteiger partial charge on any atom is -0.370 e.